The molecule has 3 N–H and O–H groups in total. The number of piperidine rings is 1. The van der Waals surface area contributed by atoms with Gasteiger partial charge in [-0.25, -0.2) is 0 Å². The van der Waals surface area contributed by atoms with E-state index in [0.29, 0.717) is 6.54 Å². The molecule has 0 aliphatic carbocycles. The zero-order chi connectivity index (χ0) is 10.9. The first kappa shape index (κ1) is 11.0. The minimum atomic E-state index is -0.361. The number of amides is 2. The van der Waals surface area contributed by atoms with E-state index < -0.39 is 0 Å². The van der Waals surface area contributed by atoms with Gasteiger partial charge in [0.15, 0.2) is 0 Å². The predicted octanol–water partition coefficient (Wildman–Crippen LogP) is 0.270. The monoisotopic (exact) mass is 198 g/mol. The molecule has 1 aliphatic rings. The highest BCUT2D eigenvalue weighted by molar-refractivity contribution is 5.86. The quantitative estimate of drug-likeness (QED) is 0.634. The van der Waals surface area contributed by atoms with Crippen LogP contribution in [-0.2, 0) is 9.59 Å². The summed E-state index contributed by atoms with van der Waals surface area (Å²) in [6, 6.07) is 0. The molecule has 1 rings (SSSR count). The molecule has 0 bridgehead atoms. The number of nitrogens with one attached hydrogen (secondary N) is 1. The molecule has 1 saturated heterocycles. The Morgan fingerprint density at radius 3 is 2.50 bits per heavy atom. The van der Waals surface area contributed by atoms with Gasteiger partial charge in [-0.2, -0.15) is 0 Å². The van der Waals surface area contributed by atoms with Crippen molar-refractivity contribution in [3.8, 4) is 0 Å². The van der Waals surface area contributed by atoms with Crippen LogP contribution in [0.4, 0.5) is 0 Å². The van der Waals surface area contributed by atoms with Gasteiger partial charge in [-0.1, -0.05) is 20.8 Å². The lowest BCUT2D eigenvalue weighted by atomic mass is 9.70. The van der Waals surface area contributed by atoms with E-state index in [-0.39, 0.29) is 35.5 Å². The smallest absolute Gasteiger partial charge is 0.221 e. The summed E-state index contributed by atoms with van der Waals surface area (Å²) in [5, 5.41) is 2.78. The fraction of sp³-hybridized carbons (Fsp3) is 0.800. The van der Waals surface area contributed by atoms with Gasteiger partial charge in [-0.15, -0.1) is 0 Å². The van der Waals surface area contributed by atoms with E-state index >= 15 is 0 Å². The van der Waals surface area contributed by atoms with Crippen molar-refractivity contribution in [2.24, 2.45) is 23.0 Å². The van der Waals surface area contributed by atoms with Crippen LogP contribution in [0.25, 0.3) is 0 Å². The average molecular weight is 198 g/mol. The Balaban J connectivity index is 2.83. The Morgan fingerprint density at radius 2 is 2.07 bits per heavy atom. The Kier molecular flexibility index (Phi) is 2.83. The molecule has 0 aromatic heterocycles. The van der Waals surface area contributed by atoms with Crippen LogP contribution in [0.3, 0.4) is 0 Å². The van der Waals surface area contributed by atoms with Crippen LogP contribution in [-0.4, -0.2) is 18.4 Å². The van der Waals surface area contributed by atoms with E-state index in [1.54, 1.807) is 0 Å². The van der Waals surface area contributed by atoms with E-state index in [4.69, 9.17) is 5.73 Å². The molecular formula is C10H18N2O2. The van der Waals surface area contributed by atoms with Crippen molar-refractivity contribution in [1.82, 2.24) is 5.32 Å². The lowest BCUT2D eigenvalue weighted by Gasteiger charge is -2.38. The fourth-order valence-electron chi connectivity index (χ4n) is 1.99. The summed E-state index contributed by atoms with van der Waals surface area (Å²) in [4.78, 5) is 22.3. The van der Waals surface area contributed by atoms with Crippen molar-refractivity contribution in [1.29, 1.82) is 0 Å². The summed E-state index contributed by atoms with van der Waals surface area (Å²) < 4.78 is 0. The Bertz CT molecular complexity index is 255. The van der Waals surface area contributed by atoms with Gasteiger partial charge in [0.2, 0.25) is 11.8 Å². The number of rotatable bonds is 1. The van der Waals surface area contributed by atoms with Gasteiger partial charge in [-0.3, -0.25) is 9.59 Å². The summed E-state index contributed by atoms with van der Waals surface area (Å²) in [5.41, 5.74) is 5.29. The molecule has 2 amide bonds. The maximum Gasteiger partial charge on any atom is 0.221 e. The summed E-state index contributed by atoms with van der Waals surface area (Å²) in [6.45, 7) is 6.73. The van der Waals surface area contributed by atoms with E-state index in [0.717, 1.165) is 0 Å². The van der Waals surface area contributed by atoms with Gasteiger partial charge in [0.25, 0.3) is 0 Å². The maximum atomic E-state index is 11.2. The molecule has 4 nitrogen and oxygen atoms in total. The zero-order valence-corrected chi connectivity index (χ0v) is 8.96. The van der Waals surface area contributed by atoms with Gasteiger partial charge in [0.05, 0.1) is 5.92 Å². The molecule has 0 aromatic rings. The van der Waals surface area contributed by atoms with Crippen LogP contribution in [0.1, 0.15) is 27.2 Å². The highest BCUT2D eigenvalue weighted by Crippen LogP contribution is 2.35. The number of hydrogen-bond donors (Lipinski definition) is 2. The van der Waals surface area contributed by atoms with Gasteiger partial charge >= 0.3 is 0 Å². The molecule has 80 valence electrons. The summed E-state index contributed by atoms with van der Waals surface area (Å²) >= 11 is 0. The summed E-state index contributed by atoms with van der Waals surface area (Å²) in [6.07, 6.45) is 0.233. The van der Waals surface area contributed by atoms with Crippen molar-refractivity contribution in [3.05, 3.63) is 0 Å². The molecule has 14 heavy (non-hydrogen) atoms. The molecule has 0 radical (unpaired) electrons. The van der Waals surface area contributed by atoms with Gasteiger partial charge in [0, 0.05) is 13.0 Å². The van der Waals surface area contributed by atoms with Gasteiger partial charge < -0.3 is 11.1 Å². The average Bonchev–Trinajstić information content (AvgIpc) is 2.01. The summed E-state index contributed by atoms with van der Waals surface area (Å²) in [5.74, 6) is -0.615. The molecule has 1 fully saturated rings. The SMILES string of the molecule is CC(C)(C)C1CNC(=O)CC1C(N)=O. The van der Waals surface area contributed by atoms with Crippen molar-refractivity contribution in [3.63, 3.8) is 0 Å². The minimum Gasteiger partial charge on any atom is -0.369 e. The second-order valence-corrected chi connectivity index (χ2v) is 4.99. The van der Waals surface area contributed by atoms with Crippen molar-refractivity contribution in [2.45, 2.75) is 27.2 Å². The first-order valence-electron chi connectivity index (χ1n) is 4.88. The van der Waals surface area contributed by atoms with Crippen molar-refractivity contribution < 1.29 is 9.59 Å². The number of carbonyl (C=O) groups is 2. The Morgan fingerprint density at radius 1 is 1.50 bits per heavy atom. The van der Waals surface area contributed by atoms with Crippen molar-refractivity contribution >= 4 is 11.8 Å². The second kappa shape index (κ2) is 3.59. The molecule has 0 spiro atoms. The van der Waals surface area contributed by atoms with E-state index in [2.05, 4.69) is 26.1 Å². The largest absolute Gasteiger partial charge is 0.369 e. The third kappa shape index (κ3) is 2.25. The van der Waals surface area contributed by atoms with Gasteiger partial charge in [0.1, 0.15) is 0 Å². The lowest BCUT2D eigenvalue weighted by Crippen LogP contribution is -2.50. The van der Waals surface area contributed by atoms with Crippen LogP contribution in [0.15, 0.2) is 0 Å². The van der Waals surface area contributed by atoms with Crippen LogP contribution in [0.2, 0.25) is 0 Å². The standard InChI is InChI=1S/C10H18N2O2/c1-10(2,3)7-5-12-8(13)4-6(7)9(11)14/h6-7H,4-5H2,1-3H3,(H2,11,14)(H,12,13). The zero-order valence-electron chi connectivity index (χ0n) is 8.96. The number of carbonyl (C=O) groups excluding carboxylic acids is 2. The molecule has 0 saturated carbocycles. The third-order valence-corrected chi connectivity index (χ3v) is 2.89. The number of primary amides is 1. The van der Waals surface area contributed by atoms with Crippen LogP contribution < -0.4 is 11.1 Å². The molecule has 0 aromatic carbocycles. The van der Waals surface area contributed by atoms with Crippen LogP contribution in [0, 0.1) is 17.3 Å². The first-order chi connectivity index (χ1) is 6.32. The minimum absolute atomic E-state index is 0.00655. The number of nitrogens with two attached hydrogens (primary N) is 1. The molecule has 4 heteroatoms. The Hall–Kier alpha value is -1.06. The molecule has 2 atom stereocenters. The molecule has 1 aliphatic heterocycles. The summed E-state index contributed by atoms with van der Waals surface area (Å²) in [7, 11) is 0. The fourth-order valence-corrected chi connectivity index (χ4v) is 1.99. The van der Waals surface area contributed by atoms with Crippen LogP contribution >= 0.6 is 0 Å². The maximum absolute atomic E-state index is 11.2. The van der Waals surface area contributed by atoms with E-state index in [1.165, 1.54) is 0 Å². The van der Waals surface area contributed by atoms with E-state index in [1.807, 2.05) is 0 Å². The molecule has 1 heterocycles. The predicted molar refractivity (Wildman–Crippen MR) is 53.3 cm³/mol. The second-order valence-electron chi connectivity index (χ2n) is 4.99. The van der Waals surface area contributed by atoms with E-state index in [9.17, 15) is 9.59 Å². The number of hydrogen-bond acceptors (Lipinski definition) is 2. The lowest BCUT2D eigenvalue weighted by molar-refractivity contribution is -0.135. The highest BCUT2D eigenvalue weighted by Gasteiger charge is 2.39. The van der Waals surface area contributed by atoms with Gasteiger partial charge in [-0.05, 0) is 11.3 Å². The Labute approximate surface area is 84.2 Å². The first-order valence-corrected chi connectivity index (χ1v) is 4.88. The van der Waals surface area contributed by atoms with Crippen molar-refractivity contribution in [2.75, 3.05) is 6.54 Å². The third-order valence-electron chi connectivity index (χ3n) is 2.89. The van der Waals surface area contributed by atoms with Crippen LogP contribution in [0.5, 0.6) is 0 Å². The molecule has 2 unspecified atom stereocenters. The normalized spacial score (nSPS) is 28.4. The highest BCUT2D eigenvalue weighted by atomic mass is 16.2. The molecular weight excluding hydrogens is 180 g/mol. The topological polar surface area (TPSA) is 72.2 Å².